The van der Waals surface area contributed by atoms with Crippen LogP contribution in [0.4, 0.5) is 38.0 Å². The number of halogens is 6. The fraction of sp³-hybridized carbons (Fsp3) is 0.310. The number of nitrogens with zero attached hydrogens (tertiary/aromatic N) is 7. The van der Waals surface area contributed by atoms with Crippen molar-refractivity contribution in [3.05, 3.63) is 76.8 Å². The molecule has 6 heterocycles. The van der Waals surface area contributed by atoms with E-state index in [0.29, 0.717) is 22.2 Å². The number of anilines is 2. The predicted octanol–water partition coefficient (Wildman–Crippen LogP) is 5.36. The number of aromatic nitrogens is 5. The largest absolute Gasteiger partial charge is 0.435 e. The SMILES string of the molecule is CN(C(=O)c1cc2c(cc1F)nc(N)c1cncn12)C1COCc2c1ccn1c(C(F)(F)F)c(N3CCC(=C(F)F)CC3)nc21. The molecule has 0 radical (unpaired) electrons. The first-order valence-corrected chi connectivity index (χ1v) is 13.9. The number of amides is 1. The van der Waals surface area contributed by atoms with Gasteiger partial charge in [-0.15, -0.1) is 0 Å². The van der Waals surface area contributed by atoms with Crippen LogP contribution in [0.3, 0.4) is 0 Å². The third-order valence-corrected chi connectivity index (χ3v) is 8.48. The van der Waals surface area contributed by atoms with Crippen molar-refractivity contribution in [2.45, 2.75) is 31.7 Å². The van der Waals surface area contributed by atoms with Crippen LogP contribution in [0.15, 0.2) is 48.6 Å². The van der Waals surface area contributed by atoms with E-state index in [1.807, 2.05) is 0 Å². The summed E-state index contributed by atoms with van der Waals surface area (Å²) >= 11 is 0. The number of benzene rings is 1. The number of nitrogen functional groups attached to an aromatic ring is 1. The number of piperidine rings is 1. The molecule has 2 aliphatic heterocycles. The Balaban J connectivity index is 1.27. The number of imidazole rings is 2. The van der Waals surface area contributed by atoms with Crippen LogP contribution in [0.2, 0.25) is 0 Å². The second-order valence-corrected chi connectivity index (χ2v) is 11.0. The molecule has 2 N–H and O–H groups in total. The normalized spacial score (nSPS) is 17.4. The molecule has 45 heavy (non-hydrogen) atoms. The molecule has 234 valence electrons. The van der Waals surface area contributed by atoms with Gasteiger partial charge in [0.15, 0.2) is 11.5 Å². The standard InChI is InChI=1S/C29H24F6N8O2/c1-40(28(44)16-8-20-19(9-18(16)30)38-25(36)21-10-37-13-43(20)21)22-12-45-11-17-15(22)4-7-42-23(29(33,34)35)27(39-26(17)42)41-5-2-14(3-6-41)24(31)32/h4,7-10,13,22H,2-3,5-6,11-12H2,1H3,(H2,36,38). The van der Waals surface area contributed by atoms with Gasteiger partial charge in [-0.05, 0) is 36.1 Å². The van der Waals surface area contributed by atoms with Crippen molar-refractivity contribution < 1.29 is 35.9 Å². The third kappa shape index (κ3) is 4.62. The van der Waals surface area contributed by atoms with E-state index in [2.05, 4.69) is 15.0 Å². The maximum atomic E-state index is 15.3. The van der Waals surface area contributed by atoms with Crippen LogP contribution in [0, 0.1) is 5.82 Å². The number of hydrogen-bond donors (Lipinski definition) is 1. The minimum Gasteiger partial charge on any atom is -0.382 e. The van der Waals surface area contributed by atoms with Crippen molar-refractivity contribution in [2.75, 3.05) is 37.4 Å². The summed E-state index contributed by atoms with van der Waals surface area (Å²) in [5, 5.41) is 0. The number of carbonyl (C=O) groups excluding carboxylic acids is 1. The quantitative estimate of drug-likeness (QED) is 0.268. The zero-order chi connectivity index (χ0) is 31.8. The second kappa shape index (κ2) is 10.4. The van der Waals surface area contributed by atoms with Crippen LogP contribution in [0.5, 0.6) is 0 Å². The van der Waals surface area contributed by atoms with Gasteiger partial charge in [0.05, 0.1) is 48.4 Å². The van der Waals surface area contributed by atoms with Gasteiger partial charge in [-0.25, -0.2) is 19.3 Å². The number of rotatable bonds is 3. The van der Waals surface area contributed by atoms with Crippen LogP contribution in [0.25, 0.3) is 22.2 Å². The molecule has 0 saturated carbocycles. The molecule has 4 aromatic heterocycles. The number of carbonyl (C=O) groups is 1. The van der Waals surface area contributed by atoms with Crippen molar-refractivity contribution in [2.24, 2.45) is 0 Å². The van der Waals surface area contributed by atoms with E-state index in [9.17, 15) is 26.7 Å². The number of likely N-dealkylation sites (N-methyl/N-ethyl adjacent to an activating group) is 1. The highest BCUT2D eigenvalue weighted by atomic mass is 19.4. The summed E-state index contributed by atoms with van der Waals surface area (Å²) in [6.45, 7) is -0.186. The number of pyridine rings is 1. The Kier molecular flexibility index (Phi) is 6.65. The molecule has 0 bridgehead atoms. The fourth-order valence-corrected chi connectivity index (χ4v) is 6.16. The average Bonchev–Trinajstić information content (AvgIpc) is 3.66. The maximum Gasteiger partial charge on any atom is 0.435 e. The number of alkyl halides is 3. The van der Waals surface area contributed by atoms with Crippen LogP contribution < -0.4 is 10.6 Å². The lowest BCUT2D eigenvalue weighted by molar-refractivity contribution is -0.141. The molecule has 1 atom stereocenters. The molecular weight excluding hydrogens is 606 g/mol. The lowest BCUT2D eigenvalue weighted by atomic mass is 9.98. The smallest absolute Gasteiger partial charge is 0.382 e. The van der Waals surface area contributed by atoms with Crippen molar-refractivity contribution in [3.8, 4) is 0 Å². The summed E-state index contributed by atoms with van der Waals surface area (Å²) in [6, 6.07) is 3.13. The second-order valence-electron chi connectivity index (χ2n) is 11.0. The van der Waals surface area contributed by atoms with Crippen molar-refractivity contribution >= 4 is 39.7 Å². The topological polar surface area (TPSA) is 106 Å². The molecule has 0 aliphatic carbocycles. The van der Waals surface area contributed by atoms with E-state index >= 15 is 4.39 Å². The van der Waals surface area contributed by atoms with Gasteiger partial charge < -0.3 is 20.3 Å². The van der Waals surface area contributed by atoms with Gasteiger partial charge in [0.1, 0.15) is 22.8 Å². The number of ether oxygens (including phenoxy) is 1. The summed E-state index contributed by atoms with van der Waals surface area (Å²) in [5.41, 5.74) is 6.48. The molecule has 7 rings (SSSR count). The molecule has 2 aliphatic rings. The summed E-state index contributed by atoms with van der Waals surface area (Å²) in [7, 11) is 1.45. The van der Waals surface area contributed by atoms with Gasteiger partial charge >= 0.3 is 6.18 Å². The molecule has 10 nitrogen and oxygen atoms in total. The van der Waals surface area contributed by atoms with E-state index in [0.717, 1.165) is 10.5 Å². The van der Waals surface area contributed by atoms with Crippen molar-refractivity contribution in [1.82, 2.24) is 28.7 Å². The van der Waals surface area contributed by atoms with Gasteiger partial charge in [-0.3, -0.25) is 13.6 Å². The molecular formula is C29H24F6N8O2. The first-order valence-electron chi connectivity index (χ1n) is 13.9. The molecule has 1 aromatic carbocycles. The highest BCUT2D eigenvalue weighted by Crippen LogP contribution is 2.41. The van der Waals surface area contributed by atoms with E-state index in [1.165, 1.54) is 47.7 Å². The lowest BCUT2D eigenvalue weighted by Gasteiger charge is -2.33. The number of hydrogen-bond acceptors (Lipinski definition) is 7. The molecule has 1 fully saturated rings. The van der Waals surface area contributed by atoms with Crippen LogP contribution in [0.1, 0.15) is 46.1 Å². The van der Waals surface area contributed by atoms with Gasteiger partial charge in [0, 0.05) is 38.0 Å². The number of fused-ring (bicyclic) bond motifs is 6. The predicted molar refractivity (Wildman–Crippen MR) is 150 cm³/mol. The zero-order valence-electron chi connectivity index (χ0n) is 23.6. The van der Waals surface area contributed by atoms with E-state index < -0.39 is 35.7 Å². The van der Waals surface area contributed by atoms with Gasteiger partial charge in [-0.1, -0.05) is 0 Å². The van der Waals surface area contributed by atoms with Gasteiger partial charge in [0.25, 0.3) is 12.0 Å². The Morgan fingerprint density at radius 2 is 1.87 bits per heavy atom. The minimum absolute atomic E-state index is 0.000192. The molecule has 1 unspecified atom stereocenters. The zero-order valence-corrected chi connectivity index (χ0v) is 23.6. The summed E-state index contributed by atoms with van der Waals surface area (Å²) in [4.78, 5) is 29.0. The van der Waals surface area contributed by atoms with Crippen LogP contribution in [-0.4, -0.2) is 61.3 Å². The Labute approximate surface area is 250 Å². The maximum absolute atomic E-state index is 15.3. The van der Waals surface area contributed by atoms with Gasteiger partial charge in [-0.2, -0.15) is 22.0 Å². The fourth-order valence-electron chi connectivity index (χ4n) is 6.16. The molecule has 5 aromatic rings. The first kappa shape index (κ1) is 28.9. The Morgan fingerprint density at radius 1 is 1.11 bits per heavy atom. The van der Waals surface area contributed by atoms with Crippen LogP contribution in [-0.2, 0) is 17.5 Å². The molecule has 16 heteroatoms. The van der Waals surface area contributed by atoms with Crippen LogP contribution >= 0.6 is 0 Å². The Hall–Kier alpha value is -4.86. The summed E-state index contributed by atoms with van der Waals surface area (Å²) in [5.74, 6) is -1.75. The van der Waals surface area contributed by atoms with E-state index in [1.54, 1.807) is 4.40 Å². The Bertz CT molecular complexity index is 2040. The lowest BCUT2D eigenvalue weighted by Crippen LogP contribution is -2.37. The minimum atomic E-state index is -4.81. The first-order chi connectivity index (χ1) is 21.4. The third-order valence-electron chi connectivity index (χ3n) is 8.48. The van der Waals surface area contributed by atoms with Crippen molar-refractivity contribution in [3.63, 3.8) is 0 Å². The molecule has 1 amide bonds. The summed E-state index contributed by atoms with van der Waals surface area (Å²) in [6.07, 6.45) is -2.59. The Morgan fingerprint density at radius 3 is 2.58 bits per heavy atom. The monoisotopic (exact) mass is 630 g/mol. The highest BCUT2D eigenvalue weighted by molar-refractivity contribution is 5.98. The highest BCUT2D eigenvalue weighted by Gasteiger charge is 2.42. The van der Waals surface area contributed by atoms with Crippen molar-refractivity contribution in [1.29, 1.82) is 0 Å². The number of nitrogens with two attached hydrogens (primary N) is 1. The van der Waals surface area contributed by atoms with Gasteiger partial charge in [0.2, 0.25) is 0 Å². The molecule has 0 spiro atoms. The summed E-state index contributed by atoms with van der Waals surface area (Å²) < 4.78 is 92.9. The average molecular weight is 631 g/mol. The van der Waals surface area contributed by atoms with E-state index in [4.69, 9.17) is 10.5 Å². The van der Waals surface area contributed by atoms with E-state index in [-0.39, 0.29) is 73.1 Å². The molecule has 1 saturated heterocycles.